The molecule has 1 aliphatic rings. The van der Waals surface area contributed by atoms with Crippen molar-refractivity contribution in [3.8, 4) is 6.07 Å². The quantitative estimate of drug-likeness (QED) is 0.764. The molecule has 0 amide bonds. The Labute approximate surface area is 95.0 Å². The SMILES string of the molecule is Cc1nc(C2CCC2)sc1C(C)(C)C#N. The van der Waals surface area contributed by atoms with Gasteiger partial charge >= 0.3 is 0 Å². The minimum absolute atomic E-state index is 0.385. The minimum Gasteiger partial charge on any atom is -0.246 e. The smallest absolute Gasteiger partial charge is 0.0962 e. The van der Waals surface area contributed by atoms with E-state index in [1.54, 1.807) is 11.3 Å². The number of aromatic nitrogens is 1. The average molecular weight is 220 g/mol. The monoisotopic (exact) mass is 220 g/mol. The lowest BCUT2D eigenvalue weighted by Crippen LogP contribution is -2.13. The van der Waals surface area contributed by atoms with Gasteiger partial charge in [0.2, 0.25) is 0 Å². The third-order valence-electron chi connectivity index (χ3n) is 3.11. The van der Waals surface area contributed by atoms with E-state index in [0.29, 0.717) is 5.92 Å². The van der Waals surface area contributed by atoms with Crippen LogP contribution >= 0.6 is 11.3 Å². The van der Waals surface area contributed by atoms with Gasteiger partial charge in [0.1, 0.15) is 0 Å². The molecule has 1 saturated carbocycles. The van der Waals surface area contributed by atoms with E-state index in [9.17, 15) is 0 Å². The molecule has 0 radical (unpaired) electrons. The lowest BCUT2D eigenvalue weighted by Gasteiger charge is -2.22. The van der Waals surface area contributed by atoms with Crippen molar-refractivity contribution in [2.75, 3.05) is 0 Å². The molecular formula is C12H16N2S. The highest BCUT2D eigenvalue weighted by molar-refractivity contribution is 7.12. The first kappa shape index (κ1) is 10.6. The number of hydrogen-bond acceptors (Lipinski definition) is 3. The molecule has 0 saturated heterocycles. The van der Waals surface area contributed by atoms with E-state index in [0.717, 1.165) is 10.6 Å². The molecule has 0 aromatic carbocycles. The summed E-state index contributed by atoms with van der Waals surface area (Å²) in [7, 11) is 0. The summed E-state index contributed by atoms with van der Waals surface area (Å²) in [6.45, 7) is 5.96. The molecule has 1 aromatic heterocycles. The first-order valence-electron chi connectivity index (χ1n) is 5.43. The maximum absolute atomic E-state index is 9.12. The molecule has 80 valence electrons. The van der Waals surface area contributed by atoms with E-state index < -0.39 is 0 Å². The number of aryl methyl sites for hydroxylation is 1. The Balaban J connectivity index is 2.33. The lowest BCUT2D eigenvalue weighted by molar-refractivity contribution is 0.418. The van der Waals surface area contributed by atoms with Crippen LogP contribution in [0.2, 0.25) is 0 Å². The molecule has 0 spiro atoms. The second kappa shape index (κ2) is 3.61. The average Bonchev–Trinajstić information content (AvgIpc) is 2.45. The van der Waals surface area contributed by atoms with Gasteiger partial charge in [-0.15, -0.1) is 11.3 Å². The van der Waals surface area contributed by atoms with Crippen molar-refractivity contribution in [1.29, 1.82) is 5.26 Å². The van der Waals surface area contributed by atoms with Crippen molar-refractivity contribution in [1.82, 2.24) is 4.98 Å². The molecule has 2 nitrogen and oxygen atoms in total. The Morgan fingerprint density at radius 2 is 2.13 bits per heavy atom. The summed E-state index contributed by atoms with van der Waals surface area (Å²) < 4.78 is 0. The second-order valence-corrected chi connectivity index (χ2v) is 5.86. The summed E-state index contributed by atoms with van der Waals surface area (Å²) >= 11 is 1.74. The van der Waals surface area contributed by atoms with Crippen LogP contribution in [0, 0.1) is 18.3 Å². The molecule has 0 unspecified atom stereocenters. The van der Waals surface area contributed by atoms with Gasteiger partial charge in [0.25, 0.3) is 0 Å². The van der Waals surface area contributed by atoms with Gasteiger partial charge < -0.3 is 0 Å². The summed E-state index contributed by atoms with van der Waals surface area (Å²) in [6, 6.07) is 2.36. The fraction of sp³-hybridized carbons (Fsp3) is 0.667. The van der Waals surface area contributed by atoms with Crippen LogP contribution in [0.25, 0.3) is 0 Å². The van der Waals surface area contributed by atoms with Gasteiger partial charge in [0.15, 0.2) is 0 Å². The number of nitriles is 1. The van der Waals surface area contributed by atoms with Crippen LogP contribution in [0.4, 0.5) is 0 Å². The van der Waals surface area contributed by atoms with Crippen LogP contribution in [-0.2, 0) is 5.41 Å². The van der Waals surface area contributed by atoms with Crippen LogP contribution in [0.3, 0.4) is 0 Å². The summed E-state index contributed by atoms with van der Waals surface area (Å²) in [5.41, 5.74) is 0.664. The van der Waals surface area contributed by atoms with Gasteiger partial charge in [-0.1, -0.05) is 6.42 Å². The number of nitrogens with zero attached hydrogens (tertiary/aromatic N) is 2. The molecular weight excluding hydrogens is 204 g/mol. The van der Waals surface area contributed by atoms with Gasteiger partial charge in [-0.25, -0.2) is 4.98 Å². The van der Waals surface area contributed by atoms with Crippen molar-refractivity contribution >= 4 is 11.3 Å². The highest BCUT2D eigenvalue weighted by atomic mass is 32.1. The molecule has 1 aliphatic carbocycles. The third-order valence-corrected chi connectivity index (χ3v) is 4.76. The van der Waals surface area contributed by atoms with Gasteiger partial charge in [-0.05, 0) is 33.6 Å². The van der Waals surface area contributed by atoms with Crippen LogP contribution in [0.15, 0.2) is 0 Å². The van der Waals surface area contributed by atoms with Crippen LogP contribution in [0.1, 0.15) is 54.6 Å². The summed E-state index contributed by atoms with van der Waals surface area (Å²) in [6.07, 6.45) is 3.89. The summed E-state index contributed by atoms with van der Waals surface area (Å²) in [5, 5.41) is 10.4. The molecule has 0 aliphatic heterocycles. The molecule has 0 N–H and O–H groups in total. The van der Waals surface area contributed by atoms with Crippen molar-refractivity contribution in [2.45, 2.75) is 51.4 Å². The zero-order chi connectivity index (χ0) is 11.1. The number of rotatable bonds is 2. The van der Waals surface area contributed by atoms with Crippen LogP contribution in [-0.4, -0.2) is 4.98 Å². The van der Waals surface area contributed by atoms with E-state index in [4.69, 9.17) is 5.26 Å². The van der Waals surface area contributed by atoms with Crippen molar-refractivity contribution in [2.24, 2.45) is 0 Å². The van der Waals surface area contributed by atoms with Gasteiger partial charge in [-0.3, -0.25) is 0 Å². The molecule has 3 heteroatoms. The minimum atomic E-state index is -0.385. The topological polar surface area (TPSA) is 36.7 Å². The van der Waals surface area contributed by atoms with Crippen LogP contribution < -0.4 is 0 Å². The largest absolute Gasteiger partial charge is 0.246 e. The fourth-order valence-corrected chi connectivity index (χ4v) is 3.17. The maximum atomic E-state index is 9.12. The summed E-state index contributed by atoms with van der Waals surface area (Å²) in [4.78, 5) is 5.76. The molecule has 1 aromatic rings. The molecule has 0 atom stereocenters. The third kappa shape index (κ3) is 1.79. The first-order chi connectivity index (χ1) is 7.04. The van der Waals surface area contributed by atoms with Crippen molar-refractivity contribution < 1.29 is 0 Å². The Morgan fingerprint density at radius 1 is 1.47 bits per heavy atom. The molecule has 0 bridgehead atoms. The molecule has 1 fully saturated rings. The highest BCUT2D eigenvalue weighted by Crippen LogP contribution is 2.41. The highest BCUT2D eigenvalue weighted by Gasteiger charge is 2.29. The van der Waals surface area contributed by atoms with E-state index in [2.05, 4.69) is 11.1 Å². The summed E-state index contributed by atoms with van der Waals surface area (Å²) in [5.74, 6) is 0.678. The zero-order valence-corrected chi connectivity index (χ0v) is 10.3. The van der Waals surface area contributed by atoms with E-state index in [-0.39, 0.29) is 5.41 Å². The van der Waals surface area contributed by atoms with E-state index >= 15 is 0 Å². The lowest BCUT2D eigenvalue weighted by atomic mass is 9.86. The Bertz CT molecular complexity index is 408. The van der Waals surface area contributed by atoms with Gasteiger partial charge in [-0.2, -0.15) is 5.26 Å². The molecule has 2 rings (SSSR count). The van der Waals surface area contributed by atoms with E-state index in [1.807, 2.05) is 20.8 Å². The van der Waals surface area contributed by atoms with Crippen molar-refractivity contribution in [3.05, 3.63) is 15.6 Å². The Morgan fingerprint density at radius 3 is 2.60 bits per heavy atom. The van der Waals surface area contributed by atoms with Gasteiger partial charge in [0.05, 0.1) is 22.2 Å². The predicted molar refractivity (Wildman–Crippen MR) is 62.1 cm³/mol. The Kier molecular flexibility index (Phi) is 2.56. The van der Waals surface area contributed by atoms with Gasteiger partial charge in [0, 0.05) is 10.8 Å². The normalized spacial score (nSPS) is 17.2. The van der Waals surface area contributed by atoms with Crippen molar-refractivity contribution in [3.63, 3.8) is 0 Å². The second-order valence-electron chi connectivity index (χ2n) is 4.83. The number of hydrogen-bond donors (Lipinski definition) is 0. The standard InChI is InChI=1S/C12H16N2S/c1-8-10(12(2,3)7-13)15-11(14-8)9-5-4-6-9/h9H,4-6H2,1-3H3. The fourth-order valence-electron chi connectivity index (χ4n) is 1.88. The number of thiazole rings is 1. The predicted octanol–water partition coefficient (Wildman–Crippen LogP) is 3.52. The van der Waals surface area contributed by atoms with E-state index in [1.165, 1.54) is 24.3 Å². The zero-order valence-electron chi connectivity index (χ0n) is 9.50. The maximum Gasteiger partial charge on any atom is 0.0962 e. The first-order valence-corrected chi connectivity index (χ1v) is 6.25. The molecule has 15 heavy (non-hydrogen) atoms. The Hall–Kier alpha value is -0.880. The molecule has 1 heterocycles. The van der Waals surface area contributed by atoms with Crippen LogP contribution in [0.5, 0.6) is 0 Å².